The summed E-state index contributed by atoms with van der Waals surface area (Å²) in [6.07, 6.45) is 5.78. The third-order valence-corrected chi connectivity index (χ3v) is 3.90. The van der Waals surface area contributed by atoms with E-state index in [0.717, 1.165) is 42.4 Å². The minimum atomic E-state index is 0.625. The first kappa shape index (κ1) is 19.6. The first-order chi connectivity index (χ1) is 12.7. The minimum absolute atomic E-state index is 0.625. The molecule has 0 aliphatic heterocycles. The maximum atomic E-state index is 5.63. The fourth-order valence-corrected chi connectivity index (χ4v) is 2.61. The molecule has 2 aromatic rings. The standard InChI is InChI=1S/C19H29N5O2/c1-5-26-18-11-15(8-9-17(18)25-4)7-6-10-21-19(20-2)22-12-16-13-23-24(3)14-16/h8-9,11,13-14H,5-7,10,12H2,1-4H3,(H2,20,21,22). The largest absolute Gasteiger partial charge is 0.493 e. The van der Waals surface area contributed by atoms with Crippen LogP contribution in [-0.2, 0) is 20.0 Å². The van der Waals surface area contributed by atoms with Crippen LogP contribution in [0.1, 0.15) is 24.5 Å². The van der Waals surface area contributed by atoms with Gasteiger partial charge in [-0.05, 0) is 37.5 Å². The molecule has 1 aromatic heterocycles. The number of nitrogens with one attached hydrogen (secondary N) is 2. The Morgan fingerprint density at radius 2 is 2.08 bits per heavy atom. The number of aromatic nitrogens is 2. The molecule has 0 radical (unpaired) electrons. The van der Waals surface area contributed by atoms with Crippen molar-refractivity contribution in [2.24, 2.45) is 12.0 Å². The van der Waals surface area contributed by atoms with Gasteiger partial charge < -0.3 is 20.1 Å². The zero-order chi connectivity index (χ0) is 18.8. The minimum Gasteiger partial charge on any atom is -0.493 e. The smallest absolute Gasteiger partial charge is 0.191 e. The average Bonchev–Trinajstić information content (AvgIpc) is 3.07. The van der Waals surface area contributed by atoms with E-state index in [9.17, 15) is 0 Å². The van der Waals surface area contributed by atoms with Crippen LogP contribution in [0.25, 0.3) is 0 Å². The number of aliphatic imine (C=N–C) groups is 1. The van der Waals surface area contributed by atoms with E-state index >= 15 is 0 Å². The highest BCUT2D eigenvalue weighted by atomic mass is 16.5. The molecule has 0 fully saturated rings. The Morgan fingerprint density at radius 1 is 1.23 bits per heavy atom. The summed E-state index contributed by atoms with van der Waals surface area (Å²) in [7, 11) is 5.34. The summed E-state index contributed by atoms with van der Waals surface area (Å²) >= 11 is 0. The zero-order valence-electron chi connectivity index (χ0n) is 16.1. The molecule has 142 valence electrons. The molecule has 0 aliphatic carbocycles. The van der Waals surface area contributed by atoms with Gasteiger partial charge in [0, 0.05) is 38.9 Å². The second-order valence-corrected chi connectivity index (χ2v) is 5.90. The molecule has 0 saturated heterocycles. The Kier molecular flexibility index (Phi) is 7.79. The molecule has 0 amide bonds. The lowest BCUT2D eigenvalue weighted by Gasteiger charge is -2.12. The Hall–Kier alpha value is -2.70. The summed E-state index contributed by atoms with van der Waals surface area (Å²) in [5.74, 6) is 2.36. The van der Waals surface area contributed by atoms with Crippen molar-refractivity contribution in [1.82, 2.24) is 20.4 Å². The Bertz CT molecular complexity index is 712. The molecule has 0 saturated carbocycles. The third kappa shape index (κ3) is 5.98. The van der Waals surface area contributed by atoms with E-state index in [1.165, 1.54) is 5.56 Å². The summed E-state index contributed by atoms with van der Waals surface area (Å²) in [6, 6.07) is 6.09. The second-order valence-electron chi connectivity index (χ2n) is 5.90. The number of aryl methyl sites for hydroxylation is 2. The highest BCUT2D eigenvalue weighted by Crippen LogP contribution is 2.28. The van der Waals surface area contributed by atoms with Gasteiger partial charge >= 0.3 is 0 Å². The van der Waals surface area contributed by atoms with Crippen molar-refractivity contribution in [3.8, 4) is 11.5 Å². The van der Waals surface area contributed by atoms with Crippen molar-refractivity contribution >= 4 is 5.96 Å². The van der Waals surface area contributed by atoms with Gasteiger partial charge in [0.15, 0.2) is 17.5 Å². The summed E-state index contributed by atoms with van der Waals surface area (Å²) < 4.78 is 12.7. The summed E-state index contributed by atoms with van der Waals surface area (Å²) in [4.78, 5) is 4.25. The summed E-state index contributed by atoms with van der Waals surface area (Å²) in [5.41, 5.74) is 2.35. The Balaban J connectivity index is 1.75. The van der Waals surface area contributed by atoms with Crippen LogP contribution < -0.4 is 20.1 Å². The monoisotopic (exact) mass is 359 g/mol. The summed E-state index contributed by atoms with van der Waals surface area (Å²) in [5, 5.41) is 10.8. The van der Waals surface area contributed by atoms with Gasteiger partial charge in [0.25, 0.3) is 0 Å². The average molecular weight is 359 g/mol. The fraction of sp³-hybridized carbons (Fsp3) is 0.474. The fourth-order valence-electron chi connectivity index (χ4n) is 2.61. The number of hydrogen-bond acceptors (Lipinski definition) is 4. The van der Waals surface area contributed by atoms with Gasteiger partial charge in [-0.3, -0.25) is 9.67 Å². The number of methoxy groups -OCH3 is 1. The first-order valence-corrected chi connectivity index (χ1v) is 8.88. The second kappa shape index (κ2) is 10.3. The van der Waals surface area contributed by atoms with Crippen LogP contribution in [0, 0.1) is 0 Å². The molecule has 2 rings (SSSR count). The van der Waals surface area contributed by atoms with Crippen molar-refractivity contribution < 1.29 is 9.47 Å². The number of hydrogen-bond donors (Lipinski definition) is 2. The lowest BCUT2D eigenvalue weighted by Crippen LogP contribution is -2.37. The maximum absolute atomic E-state index is 5.63. The number of guanidine groups is 1. The molecule has 26 heavy (non-hydrogen) atoms. The predicted octanol–water partition coefficient (Wildman–Crippen LogP) is 2.13. The van der Waals surface area contributed by atoms with Crippen molar-refractivity contribution in [3.63, 3.8) is 0 Å². The van der Waals surface area contributed by atoms with Crippen molar-refractivity contribution in [2.45, 2.75) is 26.3 Å². The van der Waals surface area contributed by atoms with E-state index < -0.39 is 0 Å². The lowest BCUT2D eigenvalue weighted by atomic mass is 10.1. The van der Waals surface area contributed by atoms with E-state index in [0.29, 0.717) is 13.2 Å². The van der Waals surface area contributed by atoms with E-state index in [1.54, 1.807) is 18.8 Å². The zero-order valence-corrected chi connectivity index (χ0v) is 16.1. The van der Waals surface area contributed by atoms with Crippen LogP contribution in [0.4, 0.5) is 0 Å². The van der Waals surface area contributed by atoms with Crippen molar-refractivity contribution in [3.05, 3.63) is 41.7 Å². The van der Waals surface area contributed by atoms with Gasteiger partial charge in [0.1, 0.15) is 0 Å². The van der Waals surface area contributed by atoms with E-state index in [1.807, 2.05) is 32.4 Å². The highest BCUT2D eigenvalue weighted by molar-refractivity contribution is 5.79. The quantitative estimate of drug-likeness (QED) is 0.408. The predicted molar refractivity (Wildman–Crippen MR) is 104 cm³/mol. The van der Waals surface area contributed by atoms with Crippen LogP contribution in [0.15, 0.2) is 35.6 Å². The number of benzene rings is 1. The summed E-state index contributed by atoms with van der Waals surface area (Å²) in [6.45, 7) is 4.13. The van der Waals surface area contributed by atoms with E-state index in [2.05, 4.69) is 32.9 Å². The maximum Gasteiger partial charge on any atom is 0.191 e. The van der Waals surface area contributed by atoms with Gasteiger partial charge in [0.05, 0.1) is 19.9 Å². The van der Waals surface area contributed by atoms with Crippen molar-refractivity contribution in [2.75, 3.05) is 27.3 Å². The van der Waals surface area contributed by atoms with Gasteiger partial charge in [-0.25, -0.2) is 0 Å². The van der Waals surface area contributed by atoms with Crippen LogP contribution in [0.3, 0.4) is 0 Å². The molecule has 7 nitrogen and oxygen atoms in total. The number of ether oxygens (including phenoxy) is 2. The molecule has 1 aromatic carbocycles. The molecule has 2 N–H and O–H groups in total. The SMILES string of the molecule is CCOc1cc(CCCNC(=NC)NCc2cnn(C)c2)ccc1OC. The molecule has 1 heterocycles. The number of nitrogens with zero attached hydrogens (tertiary/aromatic N) is 3. The van der Waals surface area contributed by atoms with Crippen LogP contribution in [0.5, 0.6) is 11.5 Å². The molecule has 0 spiro atoms. The molecule has 0 bridgehead atoms. The van der Waals surface area contributed by atoms with E-state index in [4.69, 9.17) is 9.47 Å². The lowest BCUT2D eigenvalue weighted by molar-refractivity contribution is 0.310. The van der Waals surface area contributed by atoms with Gasteiger partial charge in [-0.2, -0.15) is 5.10 Å². The molecule has 0 aliphatic rings. The molecule has 0 atom stereocenters. The van der Waals surface area contributed by atoms with Crippen molar-refractivity contribution in [1.29, 1.82) is 0 Å². The number of rotatable bonds is 9. The third-order valence-electron chi connectivity index (χ3n) is 3.90. The first-order valence-electron chi connectivity index (χ1n) is 8.88. The molecular formula is C19H29N5O2. The van der Waals surface area contributed by atoms with Crippen LogP contribution in [0.2, 0.25) is 0 Å². The van der Waals surface area contributed by atoms with Gasteiger partial charge in [-0.15, -0.1) is 0 Å². The van der Waals surface area contributed by atoms with E-state index in [-0.39, 0.29) is 0 Å². The van der Waals surface area contributed by atoms with Crippen LogP contribution in [-0.4, -0.2) is 43.0 Å². The normalized spacial score (nSPS) is 11.3. The van der Waals surface area contributed by atoms with Gasteiger partial charge in [-0.1, -0.05) is 6.07 Å². The molecule has 7 heteroatoms. The topological polar surface area (TPSA) is 72.7 Å². The Labute approximate surface area is 155 Å². The van der Waals surface area contributed by atoms with Crippen LogP contribution >= 0.6 is 0 Å². The molecule has 0 unspecified atom stereocenters. The van der Waals surface area contributed by atoms with Gasteiger partial charge in [0.2, 0.25) is 0 Å². The Morgan fingerprint density at radius 3 is 2.73 bits per heavy atom. The molecular weight excluding hydrogens is 330 g/mol. The highest BCUT2D eigenvalue weighted by Gasteiger charge is 2.05.